The third-order valence-electron chi connectivity index (χ3n) is 5.37. The molecule has 29 heavy (non-hydrogen) atoms. The van der Waals surface area contributed by atoms with Crippen molar-refractivity contribution in [2.75, 3.05) is 6.61 Å². The summed E-state index contributed by atoms with van der Waals surface area (Å²) in [5.74, 6) is 0.211. The van der Waals surface area contributed by atoms with Crippen molar-refractivity contribution >= 4 is 23.7 Å². The lowest BCUT2D eigenvalue weighted by Crippen LogP contribution is -2.20. The van der Waals surface area contributed by atoms with Crippen LogP contribution in [0.3, 0.4) is 0 Å². The maximum absolute atomic E-state index is 13.4. The average Bonchev–Trinajstić information content (AvgIpc) is 2.75. The predicted octanol–water partition coefficient (Wildman–Crippen LogP) is 6.03. The Hall–Kier alpha value is -3.20. The van der Waals surface area contributed by atoms with Crippen molar-refractivity contribution in [1.29, 1.82) is 0 Å². The molecule has 2 aliphatic carbocycles. The van der Waals surface area contributed by atoms with E-state index in [4.69, 9.17) is 4.74 Å². The van der Waals surface area contributed by atoms with E-state index in [-0.39, 0.29) is 11.6 Å². The van der Waals surface area contributed by atoms with Crippen LogP contribution in [0.1, 0.15) is 64.4 Å². The van der Waals surface area contributed by atoms with Crippen molar-refractivity contribution in [3.63, 3.8) is 0 Å². The highest BCUT2D eigenvalue weighted by atomic mass is 16.5. The van der Waals surface area contributed by atoms with Gasteiger partial charge >= 0.3 is 0 Å². The molecule has 3 heteroatoms. The third kappa shape index (κ3) is 3.73. The van der Waals surface area contributed by atoms with E-state index in [9.17, 15) is 9.59 Å². The van der Waals surface area contributed by atoms with E-state index in [1.165, 1.54) is 0 Å². The molecule has 0 atom stereocenters. The van der Waals surface area contributed by atoms with Crippen LogP contribution >= 0.6 is 0 Å². The molecule has 0 heterocycles. The molecular weight excluding hydrogens is 360 g/mol. The summed E-state index contributed by atoms with van der Waals surface area (Å²) in [7, 11) is 0. The number of ether oxygens (including phenoxy) is 1. The number of benzene rings is 2. The van der Waals surface area contributed by atoms with Crippen LogP contribution in [0.2, 0.25) is 0 Å². The first-order valence-corrected chi connectivity index (χ1v) is 10.3. The van der Waals surface area contributed by atoms with E-state index >= 15 is 0 Å². The summed E-state index contributed by atoms with van der Waals surface area (Å²) < 4.78 is 6.06. The van der Waals surface area contributed by atoms with Crippen molar-refractivity contribution in [3.05, 3.63) is 93.8 Å². The second kappa shape index (κ2) is 8.44. The standard InChI is InChI=1S/C26H24O3/c1-2-3-4-9-16-29-23-17-19-11-6-8-13-21(19)26(28)24(23)22-15-14-18-10-5-7-12-20(18)25(22)27/h5-8,10-15,17H,2-4,9,16H2,1H3/b24-22+. The summed E-state index contributed by atoms with van der Waals surface area (Å²) in [6.07, 6.45) is 9.87. The highest BCUT2D eigenvalue weighted by Crippen LogP contribution is 2.34. The number of fused-ring (bicyclic) bond motifs is 2. The molecule has 0 spiro atoms. The molecule has 0 amide bonds. The number of carbonyl (C=O) groups excluding carboxylic acids is 2. The molecule has 0 saturated carbocycles. The zero-order valence-electron chi connectivity index (χ0n) is 16.6. The van der Waals surface area contributed by atoms with Gasteiger partial charge in [-0.15, -0.1) is 0 Å². The number of allylic oxidation sites excluding steroid dienone is 3. The van der Waals surface area contributed by atoms with Crippen molar-refractivity contribution in [3.8, 4) is 0 Å². The first-order valence-electron chi connectivity index (χ1n) is 10.3. The summed E-state index contributed by atoms with van der Waals surface area (Å²) in [5.41, 5.74) is 3.70. The zero-order valence-corrected chi connectivity index (χ0v) is 16.6. The second-order valence-electron chi connectivity index (χ2n) is 7.37. The smallest absolute Gasteiger partial charge is 0.198 e. The lowest BCUT2D eigenvalue weighted by molar-refractivity contribution is 0.0989. The molecule has 2 aliphatic rings. The highest BCUT2D eigenvalue weighted by Gasteiger charge is 2.31. The second-order valence-corrected chi connectivity index (χ2v) is 7.37. The van der Waals surface area contributed by atoms with Gasteiger partial charge in [-0.05, 0) is 29.7 Å². The fraction of sp³-hybridized carbons (Fsp3) is 0.231. The van der Waals surface area contributed by atoms with Crippen LogP contribution in [0.4, 0.5) is 0 Å². The molecule has 146 valence electrons. The van der Waals surface area contributed by atoms with Gasteiger partial charge in [0, 0.05) is 16.7 Å². The fourth-order valence-corrected chi connectivity index (χ4v) is 3.81. The Morgan fingerprint density at radius 2 is 1.45 bits per heavy atom. The van der Waals surface area contributed by atoms with Crippen molar-refractivity contribution in [1.82, 2.24) is 0 Å². The minimum atomic E-state index is -0.154. The SMILES string of the molecule is CCCCCCOC1=Cc2ccccc2C(=O)/C1=C1\C=Cc2ccccc2C1=O. The molecule has 3 nitrogen and oxygen atoms in total. The first kappa shape index (κ1) is 19.1. The van der Waals surface area contributed by atoms with Gasteiger partial charge in [0.25, 0.3) is 0 Å². The van der Waals surface area contributed by atoms with Crippen LogP contribution in [0.5, 0.6) is 0 Å². The maximum atomic E-state index is 13.4. The van der Waals surface area contributed by atoms with Crippen molar-refractivity contribution < 1.29 is 14.3 Å². The van der Waals surface area contributed by atoms with Gasteiger partial charge in [0.05, 0.1) is 12.2 Å². The molecule has 0 aromatic heterocycles. The Balaban J connectivity index is 1.75. The van der Waals surface area contributed by atoms with Gasteiger partial charge in [0.15, 0.2) is 11.6 Å². The molecule has 0 N–H and O–H groups in total. The van der Waals surface area contributed by atoms with Gasteiger partial charge < -0.3 is 4.74 Å². The van der Waals surface area contributed by atoms with Crippen molar-refractivity contribution in [2.45, 2.75) is 32.6 Å². The lowest BCUT2D eigenvalue weighted by Gasteiger charge is -2.23. The number of ketones is 2. The molecule has 0 unspecified atom stereocenters. The van der Waals surface area contributed by atoms with E-state index < -0.39 is 0 Å². The van der Waals surface area contributed by atoms with Crippen molar-refractivity contribution in [2.24, 2.45) is 0 Å². The Labute approximate surface area is 171 Å². The topological polar surface area (TPSA) is 43.4 Å². The van der Waals surface area contributed by atoms with Crippen LogP contribution in [-0.4, -0.2) is 18.2 Å². The van der Waals surface area contributed by atoms with E-state index in [0.29, 0.717) is 34.6 Å². The molecular formula is C26H24O3. The molecule has 0 bridgehead atoms. The highest BCUT2D eigenvalue weighted by molar-refractivity contribution is 6.25. The minimum absolute atomic E-state index is 0.133. The largest absolute Gasteiger partial charge is 0.493 e. The Morgan fingerprint density at radius 1 is 0.759 bits per heavy atom. The molecule has 2 aromatic rings. The fourth-order valence-electron chi connectivity index (χ4n) is 3.81. The number of unbranched alkanes of at least 4 members (excludes halogenated alkanes) is 3. The van der Waals surface area contributed by atoms with Gasteiger partial charge in [-0.25, -0.2) is 0 Å². The quantitative estimate of drug-likeness (QED) is 0.451. The number of hydrogen-bond donors (Lipinski definition) is 0. The summed E-state index contributed by atoms with van der Waals surface area (Å²) in [6.45, 7) is 2.70. The van der Waals surface area contributed by atoms with Crippen LogP contribution in [0, 0.1) is 0 Å². The first-order chi connectivity index (χ1) is 14.2. The monoisotopic (exact) mass is 384 g/mol. The third-order valence-corrected chi connectivity index (χ3v) is 5.37. The summed E-state index contributed by atoms with van der Waals surface area (Å²) in [4.78, 5) is 26.5. The van der Waals surface area contributed by atoms with E-state index in [1.54, 1.807) is 18.2 Å². The summed E-state index contributed by atoms with van der Waals surface area (Å²) in [6, 6.07) is 14.9. The molecule has 4 rings (SSSR count). The number of rotatable bonds is 6. The molecule has 0 fully saturated rings. The minimum Gasteiger partial charge on any atom is -0.493 e. The van der Waals surface area contributed by atoms with Crippen LogP contribution < -0.4 is 0 Å². The van der Waals surface area contributed by atoms with E-state index in [2.05, 4.69) is 6.92 Å². The zero-order chi connectivity index (χ0) is 20.2. The summed E-state index contributed by atoms with van der Waals surface area (Å²) >= 11 is 0. The van der Waals surface area contributed by atoms with Gasteiger partial charge in [0.1, 0.15) is 5.76 Å². The lowest BCUT2D eigenvalue weighted by atomic mass is 9.83. The normalized spacial score (nSPS) is 17.6. The molecule has 2 aromatic carbocycles. The molecule has 0 aliphatic heterocycles. The van der Waals surface area contributed by atoms with Gasteiger partial charge in [-0.2, -0.15) is 0 Å². The average molecular weight is 384 g/mol. The van der Waals surface area contributed by atoms with Gasteiger partial charge in [-0.1, -0.05) is 80.8 Å². The van der Waals surface area contributed by atoms with Gasteiger partial charge in [-0.3, -0.25) is 9.59 Å². The van der Waals surface area contributed by atoms with Crippen LogP contribution in [-0.2, 0) is 4.74 Å². The Bertz CT molecular complexity index is 1050. The van der Waals surface area contributed by atoms with E-state index in [0.717, 1.165) is 36.8 Å². The Kier molecular flexibility index (Phi) is 5.57. The molecule has 0 radical (unpaired) electrons. The number of hydrogen-bond acceptors (Lipinski definition) is 3. The molecule has 0 saturated heterocycles. The van der Waals surface area contributed by atoms with Gasteiger partial charge in [0.2, 0.25) is 0 Å². The van der Waals surface area contributed by atoms with Crippen LogP contribution in [0.15, 0.2) is 71.5 Å². The Morgan fingerprint density at radius 3 is 2.21 bits per heavy atom. The van der Waals surface area contributed by atoms with Crippen LogP contribution in [0.25, 0.3) is 12.2 Å². The predicted molar refractivity (Wildman–Crippen MR) is 116 cm³/mol. The maximum Gasteiger partial charge on any atom is 0.198 e. The van der Waals surface area contributed by atoms with E-state index in [1.807, 2.05) is 48.6 Å². The number of carbonyl (C=O) groups is 2. The number of Topliss-reactive ketones (excluding diaryl/α,β-unsaturated/α-hetero) is 2. The summed E-state index contributed by atoms with van der Waals surface area (Å²) in [5, 5.41) is 0.